The van der Waals surface area contributed by atoms with Gasteiger partial charge in [0.15, 0.2) is 0 Å². The first kappa shape index (κ1) is 23.6. The normalized spacial score (nSPS) is 12.7. The van der Waals surface area contributed by atoms with E-state index >= 15 is 0 Å². The molecule has 9 heteroatoms. The second-order valence-electron chi connectivity index (χ2n) is 7.88. The van der Waals surface area contributed by atoms with E-state index in [9.17, 15) is 19.5 Å². The van der Waals surface area contributed by atoms with Crippen LogP contribution in [-0.4, -0.2) is 45.1 Å². The van der Waals surface area contributed by atoms with Crippen LogP contribution >= 0.6 is 0 Å². The number of amides is 2. The van der Waals surface area contributed by atoms with Gasteiger partial charge in [-0.1, -0.05) is 56.3 Å². The monoisotopic (exact) mass is 450 g/mol. The molecule has 3 N–H and O–H groups in total. The third-order valence-corrected chi connectivity index (χ3v) is 4.96. The molecular formula is C24H26N4O5. The molecule has 0 radical (unpaired) electrons. The molecule has 2 amide bonds. The third-order valence-electron chi connectivity index (χ3n) is 4.96. The maximum atomic E-state index is 12.8. The van der Waals surface area contributed by atoms with Crippen molar-refractivity contribution >= 4 is 29.0 Å². The molecular weight excluding hydrogens is 424 g/mol. The number of hydrogen-bond donors (Lipinski definition) is 3. The number of carboxylic acid groups (broad SMARTS) is 1. The Hall–Kier alpha value is -4.01. The molecule has 3 rings (SSSR count). The average Bonchev–Trinajstić information content (AvgIpc) is 2.81. The maximum absolute atomic E-state index is 12.8. The number of hydrogen-bond acceptors (Lipinski definition) is 6. The van der Waals surface area contributed by atoms with Crippen LogP contribution in [0.3, 0.4) is 0 Å². The van der Waals surface area contributed by atoms with Gasteiger partial charge in [0.05, 0.1) is 16.7 Å². The van der Waals surface area contributed by atoms with Gasteiger partial charge in [-0.3, -0.25) is 9.78 Å². The standard InChI is InChI=1S/C24H26N4O5/c1-15(2)21(28-24(32)33-14-16-8-4-3-5-9-16)22(29)27-20(23(30)31)12-17-13-25-18-10-6-7-11-19(18)26-17/h3-11,13,15,20-21H,12,14H2,1-2H3,(H,27,29)(H,28,32)(H,30,31)/t20-,21+/m0/s1. The van der Waals surface area contributed by atoms with Crippen molar-refractivity contribution in [2.45, 2.75) is 39.0 Å². The number of nitrogens with one attached hydrogen (secondary N) is 2. The fraction of sp³-hybridized carbons (Fsp3) is 0.292. The number of benzene rings is 2. The largest absolute Gasteiger partial charge is 0.480 e. The van der Waals surface area contributed by atoms with Gasteiger partial charge in [0.2, 0.25) is 5.91 Å². The molecule has 0 spiro atoms. The van der Waals surface area contributed by atoms with Crippen LogP contribution in [-0.2, 0) is 27.4 Å². The van der Waals surface area contributed by atoms with Crippen LogP contribution in [0.15, 0.2) is 60.8 Å². The predicted molar refractivity (Wildman–Crippen MR) is 121 cm³/mol. The van der Waals surface area contributed by atoms with E-state index in [4.69, 9.17) is 4.74 Å². The number of rotatable bonds is 9. The van der Waals surface area contributed by atoms with Gasteiger partial charge < -0.3 is 20.5 Å². The molecule has 0 fully saturated rings. The van der Waals surface area contributed by atoms with Crippen molar-refractivity contribution in [3.63, 3.8) is 0 Å². The summed E-state index contributed by atoms with van der Waals surface area (Å²) in [5, 5.41) is 14.7. The number of aliphatic carboxylic acids is 1. The lowest BCUT2D eigenvalue weighted by molar-refractivity contribution is -0.142. The number of ether oxygens (including phenoxy) is 1. The molecule has 1 aromatic heterocycles. The zero-order chi connectivity index (χ0) is 23.8. The highest BCUT2D eigenvalue weighted by Crippen LogP contribution is 2.11. The Morgan fingerprint density at radius 2 is 1.64 bits per heavy atom. The first-order valence-electron chi connectivity index (χ1n) is 10.5. The van der Waals surface area contributed by atoms with E-state index in [1.165, 1.54) is 6.20 Å². The van der Waals surface area contributed by atoms with Crippen molar-refractivity contribution in [1.29, 1.82) is 0 Å². The number of aromatic nitrogens is 2. The molecule has 3 aromatic rings. The quantitative estimate of drug-likeness (QED) is 0.457. The van der Waals surface area contributed by atoms with Gasteiger partial charge >= 0.3 is 12.1 Å². The predicted octanol–water partition coefficient (Wildman–Crippen LogP) is 2.69. The minimum atomic E-state index is -1.24. The first-order chi connectivity index (χ1) is 15.8. The van der Waals surface area contributed by atoms with Gasteiger partial charge in [0.25, 0.3) is 0 Å². The minimum absolute atomic E-state index is 0.0531. The molecule has 0 bridgehead atoms. The lowest BCUT2D eigenvalue weighted by atomic mass is 10.0. The number of carboxylic acids is 1. The molecule has 9 nitrogen and oxygen atoms in total. The fourth-order valence-electron chi connectivity index (χ4n) is 3.19. The maximum Gasteiger partial charge on any atom is 0.408 e. The molecule has 0 aliphatic heterocycles. The van der Waals surface area contributed by atoms with Crippen molar-refractivity contribution in [2.24, 2.45) is 5.92 Å². The van der Waals surface area contributed by atoms with Gasteiger partial charge in [0, 0.05) is 12.6 Å². The zero-order valence-corrected chi connectivity index (χ0v) is 18.4. The van der Waals surface area contributed by atoms with E-state index in [0.29, 0.717) is 16.7 Å². The van der Waals surface area contributed by atoms with Gasteiger partial charge in [-0.2, -0.15) is 0 Å². The van der Waals surface area contributed by atoms with Gasteiger partial charge in [-0.05, 0) is 23.6 Å². The van der Waals surface area contributed by atoms with Gasteiger partial charge in [-0.25, -0.2) is 14.6 Å². The summed E-state index contributed by atoms with van der Waals surface area (Å²) in [5.41, 5.74) is 2.56. The van der Waals surface area contributed by atoms with Crippen LogP contribution in [0.2, 0.25) is 0 Å². The SMILES string of the molecule is CC(C)[C@@H](NC(=O)OCc1ccccc1)C(=O)N[C@@H](Cc1cnc2ccccc2n1)C(=O)O. The Labute approximate surface area is 191 Å². The van der Waals surface area contributed by atoms with Crippen LogP contribution in [0.5, 0.6) is 0 Å². The van der Waals surface area contributed by atoms with E-state index in [1.54, 1.807) is 26.0 Å². The van der Waals surface area contributed by atoms with E-state index in [1.807, 2.05) is 42.5 Å². The number of carbonyl (C=O) groups is 3. The van der Waals surface area contributed by atoms with Crippen molar-refractivity contribution in [1.82, 2.24) is 20.6 Å². The average molecular weight is 450 g/mol. The molecule has 2 aromatic carbocycles. The fourth-order valence-corrected chi connectivity index (χ4v) is 3.19. The lowest BCUT2D eigenvalue weighted by Crippen LogP contribution is -2.54. The number of fused-ring (bicyclic) bond motifs is 1. The summed E-state index contributed by atoms with van der Waals surface area (Å²) < 4.78 is 5.18. The van der Waals surface area contributed by atoms with E-state index in [2.05, 4.69) is 20.6 Å². The van der Waals surface area contributed by atoms with Gasteiger partial charge in [-0.15, -0.1) is 0 Å². The molecule has 0 unspecified atom stereocenters. The smallest absolute Gasteiger partial charge is 0.408 e. The summed E-state index contributed by atoms with van der Waals surface area (Å²) >= 11 is 0. The molecule has 1 heterocycles. The number of carbonyl (C=O) groups excluding carboxylic acids is 2. The second-order valence-corrected chi connectivity index (χ2v) is 7.88. The topological polar surface area (TPSA) is 131 Å². The molecule has 0 saturated carbocycles. The van der Waals surface area contributed by atoms with Crippen molar-refractivity contribution in [3.8, 4) is 0 Å². The number of alkyl carbamates (subject to hydrolysis) is 1. The Morgan fingerprint density at radius 1 is 0.970 bits per heavy atom. The van der Waals surface area contributed by atoms with Crippen molar-refractivity contribution in [3.05, 3.63) is 72.1 Å². The first-order valence-corrected chi connectivity index (χ1v) is 10.5. The molecule has 0 saturated heterocycles. The van der Waals surface area contributed by atoms with Crippen LogP contribution in [0.4, 0.5) is 4.79 Å². The summed E-state index contributed by atoms with van der Waals surface area (Å²) in [6.45, 7) is 3.54. The van der Waals surface area contributed by atoms with E-state index in [-0.39, 0.29) is 18.9 Å². The Bertz CT molecular complexity index is 1120. The molecule has 2 atom stereocenters. The van der Waals surface area contributed by atoms with Gasteiger partial charge in [0.1, 0.15) is 18.7 Å². The highest BCUT2D eigenvalue weighted by atomic mass is 16.5. The van der Waals surface area contributed by atoms with E-state index < -0.39 is 30.1 Å². The Balaban J connectivity index is 1.63. The number of para-hydroxylation sites is 2. The molecule has 0 aliphatic carbocycles. The van der Waals surface area contributed by atoms with Crippen molar-refractivity contribution < 1.29 is 24.2 Å². The summed E-state index contributed by atoms with van der Waals surface area (Å²) in [7, 11) is 0. The highest BCUT2D eigenvalue weighted by Gasteiger charge is 2.29. The summed E-state index contributed by atoms with van der Waals surface area (Å²) in [4.78, 5) is 45.6. The summed E-state index contributed by atoms with van der Waals surface area (Å²) in [6, 6.07) is 14.1. The summed E-state index contributed by atoms with van der Waals surface area (Å²) in [6.07, 6.45) is 0.672. The van der Waals surface area contributed by atoms with Crippen LogP contribution in [0.25, 0.3) is 11.0 Å². The second kappa shape index (κ2) is 11.0. The summed E-state index contributed by atoms with van der Waals surface area (Å²) in [5.74, 6) is -2.14. The molecule has 0 aliphatic rings. The van der Waals surface area contributed by atoms with Crippen LogP contribution in [0, 0.1) is 5.92 Å². The van der Waals surface area contributed by atoms with Crippen LogP contribution in [0.1, 0.15) is 25.1 Å². The van der Waals surface area contributed by atoms with Crippen molar-refractivity contribution in [2.75, 3.05) is 0 Å². The Kier molecular flexibility index (Phi) is 7.91. The number of nitrogens with zero attached hydrogens (tertiary/aromatic N) is 2. The minimum Gasteiger partial charge on any atom is -0.480 e. The Morgan fingerprint density at radius 3 is 2.30 bits per heavy atom. The lowest BCUT2D eigenvalue weighted by Gasteiger charge is -2.23. The molecule has 172 valence electrons. The molecule has 33 heavy (non-hydrogen) atoms. The third kappa shape index (κ3) is 6.73. The zero-order valence-electron chi connectivity index (χ0n) is 18.4. The van der Waals surface area contributed by atoms with E-state index in [0.717, 1.165) is 5.56 Å². The highest BCUT2D eigenvalue weighted by molar-refractivity contribution is 5.89. The van der Waals surface area contributed by atoms with Crippen LogP contribution < -0.4 is 10.6 Å².